The van der Waals surface area contributed by atoms with E-state index >= 15 is 14.4 Å². The van der Waals surface area contributed by atoms with Crippen LogP contribution in [-0.2, 0) is 67.2 Å². The Bertz CT molecular complexity index is 3290. The number of nitrogens with zero attached hydrogens (tertiary/aromatic N) is 2. The second-order valence-corrected chi connectivity index (χ2v) is 28.1. The molecule has 3 aromatic carbocycles. The number of nitrogens with two attached hydrogens (primary N) is 6. The molecule has 0 radical (unpaired) electrons. The molecule has 4 amide bonds. The molecule has 0 unspecified atom stereocenters. The molecule has 5 rings (SSSR count). The minimum Gasteiger partial charge on any atom is -0.508 e. The number of H-pyrrole nitrogens is 1. The molecule has 0 bridgehead atoms. The van der Waals surface area contributed by atoms with Gasteiger partial charge in [0.1, 0.15) is 11.5 Å². The number of para-hydroxylation sites is 1. The summed E-state index contributed by atoms with van der Waals surface area (Å²) in [4.78, 5) is 154. The van der Waals surface area contributed by atoms with E-state index in [1.54, 1.807) is 44.3 Å². The third-order valence-corrected chi connectivity index (χ3v) is 19.7. The van der Waals surface area contributed by atoms with Crippen LogP contribution in [-0.4, -0.2) is 160 Å². The highest BCUT2D eigenvalue weighted by molar-refractivity contribution is 7.98. The van der Waals surface area contributed by atoms with Gasteiger partial charge in [-0.1, -0.05) is 94.3 Å². The molecule has 1 aliphatic rings. The third kappa shape index (κ3) is 27.0. The highest BCUT2D eigenvalue weighted by Gasteiger charge is 2.44. The van der Waals surface area contributed by atoms with Crippen LogP contribution >= 0.6 is 11.8 Å². The first-order valence-corrected chi connectivity index (χ1v) is 36.6. The molecule has 544 valence electrons. The molecule has 11 atom stereocenters. The predicted molar refractivity (Wildman–Crippen MR) is 387 cm³/mol. The fourth-order valence-electron chi connectivity index (χ4n) is 13.1. The van der Waals surface area contributed by atoms with Crippen LogP contribution in [0.15, 0.2) is 90.1 Å². The number of carbonyl (C=O) groups is 10. The van der Waals surface area contributed by atoms with Gasteiger partial charge in [0.05, 0.1) is 36.1 Å². The van der Waals surface area contributed by atoms with Crippen LogP contribution in [0.1, 0.15) is 153 Å². The summed E-state index contributed by atoms with van der Waals surface area (Å²) in [6, 6.07) is 17.5. The molecule has 0 saturated carbocycles. The van der Waals surface area contributed by atoms with Crippen LogP contribution in [0.2, 0.25) is 0 Å². The summed E-state index contributed by atoms with van der Waals surface area (Å²) in [6.45, 7) is 6.91. The van der Waals surface area contributed by atoms with Gasteiger partial charge in [-0.2, -0.15) is 11.8 Å². The Morgan fingerprint density at radius 3 is 1.79 bits per heavy atom. The number of carboxylic acid groups (broad SMARTS) is 1. The number of aromatic hydroxyl groups is 1. The number of Topliss-reactive ketones (excluding diaryl/α,β-unsaturated/α-hetero) is 5. The number of aromatic nitrogens is 1. The monoisotopic (exact) mass is 1390 g/mol. The molecule has 1 aliphatic heterocycles. The fraction of sp³-hybridized carbons (Fsp3) is 0.581. The van der Waals surface area contributed by atoms with Crippen molar-refractivity contribution >= 4 is 87.1 Å². The lowest BCUT2D eigenvalue weighted by atomic mass is 9.84. The molecule has 1 saturated heterocycles. The number of fused-ring (bicyclic) bond motifs is 1. The van der Waals surface area contributed by atoms with Gasteiger partial charge in [0.2, 0.25) is 23.6 Å². The van der Waals surface area contributed by atoms with E-state index in [-0.39, 0.29) is 114 Å². The maximum atomic E-state index is 15.4. The van der Waals surface area contributed by atoms with Crippen molar-refractivity contribution in [1.82, 2.24) is 25.8 Å². The van der Waals surface area contributed by atoms with Gasteiger partial charge in [0.25, 0.3) is 0 Å². The molecular weight excluding hydrogens is 1280 g/mol. The minimum atomic E-state index is -1.18. The van der Waals surface area contributed by atoms with Gasteiger partial charge in [-0.3, -0.25) is 52.9 Å². The van der Waals surface area contributed by atoms with Crippen molar-refractivity contribution in [2.75, 3.05) is 44.7 Å². The Hall–Kier alpha value is -7.84. The number of aromatic amines is 1. The van der Waals surface area contributed by atoms with Crippen LogP contribution in [0.25, 0.3) is 10.9 Å². The number of phenolic OH excluding ortho intramolecular Hbond substituents is 1. The molecular formula is C74H110N12O12S. The summed E-state index contributed by atoms with van der Waals surface area (Å²) >= 11 is 1.45. The largest absolute Gasteiger partial charge is 0.508 e. The van der Waals surface area contributed by atoms with Crippen molar-refractivity contribution in [3.05, 3.63) is 102 Å². The van der Waals surface area contributed by atoms with E-state index in [0.29, 0.717) is 94.3 Å². The fourth-order valence-corrected chi connectivity index (χ4v) is 13.6. The molecule has 1 fully saturated rings. The average Bonchev–Trinajstić information content (AvgIpc) is 1.74. The SMILES string of the molecule is CSCC[C@H](NC(=O)[C@@H](CC(=O)[C@@H]1[C@H](C)CCN1C(=O)[C@@H](CC(=O)[C@H](Cc1ccccc1)NC(=O)[C@H](CCCN=C(N)N)CC(=O)[C@H](N)CCCCN)Cc1ccc(O)cc1)C(C)C)C(=O)C[C@@H](Cc1c[nH]c2ccccc12)C(=O)N[C@@H](CCCCN)C(=O)C[C@H](CCCCN)C(=O)O. The molecule has 0 spiro atoms. The molecule has 1 aromatic heterocycles. The number of hydrogen-bond donors (Lipinski definition) is 12. The van der Waals surface area contributed by atoms with Crippen LogP contribution in [0.4, 0.5) is 0 Å². The van der Waals surface area contributed by atoms with Crippen LogP contribution in [0, 0.1) is 41.4 Å². The highest BCUT2D eigenvalue weighted by Crippen LogP contribution is 2.33. The average molecular weight is 1390 g/mol. The molecule has 24 nitrogen and oxygen atoms in total. The first-order valence-electron chi connectivity index (χ1n) is 35.2. The number of nitrogens with one attached hydrogen (secondary N) is 4. The lowest BCUT2D eigenvalue weighted by Gasteiger charge is -2.32. The Morgan fingerprint density at radius 2 is 1.15 bits per heavy atom. The number of thioether (sulfide) groups is 1. The van der Waals surface area contributed by atoms with Gasteiger partial charge in [-0.05, 0) is 168 Å². The Labute approximate surface area is 587 Å². The normalized spacial score (nSPS) is 16.5. The highest BCUT2D eigenvalue weighted by atomic mass is 32.2. The predicted octanol–water partition coefficient (Wildman–Crippen LogP) is 5.73. The number of likely N-dealkylation sites (tertiary alicyclic amines) is 1. The topological polar surface area (TPSA) is 435 Å². The van der Waals surface area contributed by atoms with E-state index in [2.05, 4.69) is 25.9 Å². The summed E-state index contributed by atoms with van der Waals surface area (Å²) in [5, 5.41) is 30.1. The lowest BCUT2D eigenvalue weighted by Crippen LogP contribution is -2.50. The van der Waals surface area contributed by atoms with Crippen molar-refractivity contribution in [2.45, 2.75) is 186 Å². The summed E-state index contributed by atoms with van der Waals surface area (Å²) in [5.41, 5.74) is 37.6. The first kappa shape index (κ1) is 81.8. The number of ketones is 5. The van der Waals surface area contributed by atoms with E-state index in [0.717, 1.165) is 16.5 Å². The maximum absolute atomic E-state index is 15.4. The number of carbonyl (C=O) groups excluding carboxylic acids is 9. The minimum absolute atomic E-state index is 0.01000. The van der Waals surface area contributed by atoms with Crippen molar-refractivity contribution in [1.29, 1.82) is 0 Å². The van der Waals surface area contributed by atoms with Crippen LogP contribution in [0.3, 0.4) is 0 Å². The number of rotatable bonds is 49. The smallest absolute Gasteiger partial charge is 0.306 e. The van der Waals surface area contributed by atoms with Crippen molar-refractivity contribution in [2.24, 2.45) is 80.8 Å². The number of hydrogen-bond acceptors (Lipinski definition) is 17. The molecule has 99 heavy (non-hydrogen) atoms. The number of aliphatic carboxylic acids is 1. The Balaban J connectivity index is 1.42. The van der Waals surface area contributed by atoms with Crippen molar-refractivity contribution in [3.63, 3.8) is 0 Å². The van der Waals surface area contributed by atoms with Gasteiger partial charge in [-0.25, -0.2) is 0 Å². The zero-order valence-corrected chi connectivity index (χ0v) is 59.2. The van der Waals surface area contributed by atoms with E-state index in [1.165, 1.54) is 28.8 Å². The number of phenols is 1. The number of benzene rings is 3. The molecule has 4 aromatic rings. The maximum Gasteiger partial charge on any atom is 0.306 e. The van der Waals surface area contributed by atoms with Crippen molar-refractivity contribution in [3.8, 4) is 5.75 Å². The number of unbranched alkanes of at least 4 members (excludes halogenated alkanes) is 3. The van der Waals surface area contributed by atoms with E-state index in [4.69, 9.17) is 34.4 Å². The molecule has 25 heteroatoms. The molecule has 0 aliphatic carbocycles. The van der Waals surface area contributed by atoms with Crippen LogP contribution < -0.4 is 50.4 Å². The number of amides is 4. The number of guanidine groups is 1. The summed E-state index contributed by atoms with van der Waals surface area (Å²) < 4.78 is 0. The second kappa shape index (κ2) is 43.0. The van der Waals surface area contributed by atoms with Gasteiger partial charge >= 0.3 is 5.97 Å². The van der Waals surface area contributed by atoms with Gasteiger partial charge in [0.15, 0.2) is 29.1 Å². The van der Waals surface area contributed by atoms with E-state index < -0.39 is 118 Å². The van der Waals surface area contributed by atoms with Gasteiger partial charge in [0, 0.05) is 86.0 Å². The summed E-state index contributed by atoms with van der Waals surface area (Å²) in [6.07, 6.45) is 7.50. The summed E-state index contributed by atoms with van der Waals surface area (Å²) in [5.74, 6) is -11.0. The first-order chi connectivity index (χ1) is 47.4. The lowest BCUT2D eigenvalue weighted by molar-refractivity contribution is -0.144. The second-order valence-electron chi connectivity index (χ2n) is 27.1. The standard InChI is InChI=1S/C74H110N12O12S/c1-46(2)57(71(95)84-61(30-36-99-4)65(90)42-52(39-54-45-82-59-23-9-8-21-56(54)59)70(94)83-60(24-12-15-33-77)64(89)41-51(73(97)98)19-10-13-31-75)44-67(92)68-47(3)29-35-86(68)72(96)53(37-49-25-27-55(87)28-26-49)43-66(91)62(38-48-17-6-5-7-18-48)85-69(93)50(20-16-34-81-74(79)80)40-63(88)58(78)22-11-14-32-76/h5-9,17-18,21,23,25-28,45-47,50-53,57-58,60-62,68,82,87H,10-16,19-20,22,24,29-44,75-78H2,1-4H3,(H,83,94)(H,84,95)(H,85,93)(H,97,98)(H4,79,80,81)/t47-,50-,51+,52-,53-,57+,58-,60+,61+,62+,68+/m1/s1. The van der Waals surface area contributed by atoms with E-state index in [1.807, 2.05) is 55.6 Å². The number of carboxylic acids is 1. The quantitative estimate of drug-likeness (QED) is 0.0143. The van der Waals surface area contributed by atoms with Crippen molar-refractivity contribution < 1.29 is 58.2 Å². The van der Waals surface area contributed by atoms with Crippen LogP contribution in [0.5, 0.6) is 5.75 Å². The Kier molecular flexibility index (Phi) is 35.5. The van der Waals surface area contributed by atoms with E-state index in [9.17, 15) is 43.8 Å². The van der Waals surface area contributed by atoms with Gasteiger partial charge < -0.3 is 70.4 Å². The summed E-state index contributed by atoms with van der Waals surface area (Å²) in [7, 11) is 0. The molecule has 18 N–H and O–H groups in total. The number of aliphatic imine (C=N–C) groups is 1. The zero-order valence-electron chi connectivity index (χ0n) is 58.3. The third-order valence-electron chi connectivity index (χ3n) is 19.0. The van der Waals surface area contributed by atoms with Gasteiger partial charge in [-0.15, -0.1) is 0 Å². The Morgan fingerprint density at radius 1 is 0.606 bits per heavy atom. The molecule has 2 heterocycles. The zero-order chi connectivity index (χ0) is 72.6.